The Hall–Kier alpha value is -0.120. The van der Waals surface area contributed by atoms with Gasteiger partial charge in [0.1, 0.15) is 0 Å². The average Bonchev–Trinajstić information content (AvgIpc) is 1.99. The maximum absolute atomic E-state index is 5.21. The summed E-state index contributed by atoms with van der Waals surface area (Å²) in [6.45, 7) is 9.66. The molecule has 0 bridgehead atoms. The van der Waals surface area contributed by atoms with E-state index in [0.717, 1.165) is 0 Å². The van der Waals surface area contributed by atoms with Gasteiger partial charge in [-0.1, -0.05) is 0 Å². The van der Waals surface area contributed by atoms with Gasteiger partial charge in [0.2, 0.25) is 0 Å². The first kappa shape index (κ1) is 10.9. The first-order valence-electron chi connectivity index (χ1n) is 3.91. The lowest BCUT2D eigenvalue weighted by Gasteiger charge is -2.12. The van der Waals surface area contributed by atoms with Gasteiger partial charge >= 0.3 is 0 Å². The monoisotopic (exact) mass is 161 g/mol. The maximum atomic E-state index is 5.21. The average molecular weight is 161 g/mol. The Labute approximate surface area is 68.6 Å². The lowest BCUT2D eigenvalue weighted by atomic mass is 10.7. The first-order chi connectivity index (χ1) is 5.31. The Morgan fingerprint density at radius 3 is 2.55 bits per heavy atom. The van der Waals surface area contributed by atoms with Crippen LogP contribution in [0.2, 0.25) is 0 Å². The van der Waals surface area contributed by atoms with E-state index in [1.54, 1.807) is 0 Å². The van der Waals surface area contributed by atoms with E-state index in [2.05, 4.69) is 6.92 Å². The van der Waals surface area contributed by atoms with Crippen LogP contribution in [0.4, 0.5) is 0 Å². The summed E-state index contributed by atoms with van der Waals surface area (Å²) in [6, 6.07) is 0. The fraction of sp³-hybridized carbons (Fsp3) is 0.875. The molecule has 0 heterocycles. The molecule has 3 heteroatoms. The molecule has 1 radical (unpaired) electrons. The largest absolute Gasteiger partial charge is 0.379 e. The minimum atomic E-state index is -0.131. The molecule has 0 spiro atoms. The molecular formula is C8H17O3. The summed E-state index contributed by atoms with van der Waals surface area (Å²) in [7, 11) is 0. The van der Waals surface area contributed by atoms with Crippen LogP contribution in [0.1, 0.15) is 13.8 Å². The van der Waals surface area contributed by atoms with Crippen molar-refractivity contribution in [1.82, 2.24) is 0 Å². The zero-order valence-electron chi connectivity index (χ0n) is 7.34. The van der Waals surface area contributed by atoms with Crippen molar-refractivity contribution >= 4 is 0 Å². The quantitative estimate of drug-likeness (QED) is 0.415. The van der Waals surface area contributed by atoms with Crippen LogP contribution in [0.25, 0.3) is 0 Å². The van der Waals surface area contributed by atoms with Crippen LogP contribution in [-0.2, 0) is 14.2 Å². The Morgan fingerprint density at radius 1 is 1.27 bits per heavy atom. The van der Waals surface area contributed by atoms with Crippen LogP contribution < -0.4 is 0 Å². The van der Waals surface area contributed by atoms with E-state index >= 15 is 0 Å². The van der Waals surface area contributed by atoms with Crippen molar-refractivity contribution in [3.63, 3.8) is 0 Å². The van der Waals surface area contributed by atoms with Gasteiger partial charge in [0.15, 0.2) is 6.29 Å². The number of ether oxygens (including phenoxy) is 3. The van der Waals surface area contributed by atoms with Crippen molar-refractivity contribution in [3.05, 3.63) is 6.92 Å². The van der Waals surface area contributed by atoms with Crippen LogP contribution in [0.3, 0.4) is 0 Å². The van der Waals surface area contributed by atoms with Crippen molar-refractivity contribution in [1.29, 1.82) is 0 Å². The van der Waals surface area contributed by atoms with Gasteiger partial charge in [-0.05, 0) is 20.8 Å². The molecule has 0 aromatic carbocycles. The molecular weight excluding hydrogens is 144 g/mol. The summed E-state index contributed by atoms with van der Waals surface area (Å²) in [6.07, 6.45) is -0.131. The Balaban J connectivity index is 2.97. The van der Waals surface area contributed by atoms with Crippen molar-refractivity contribution in [3.8, 4) is 0 Å². The summed E-state index contributed by atoms with van der Waals surface area (Å²) >= 11 is 0. The van der Waals surface area contributed by atoms with Gasteiger partial charge in [-0.3, -0.25) is 0 Å². The highest BCUT2D eigenvalue weighted by molar-refractivity contribution is 4.35. The van der Waals surface area contributed by atoms with Gasteiger partial charge in [0.05, 0.1) is 13.2 Å². The van der Waals surface area contributed by atoms with Crippen LogP contribution in [-0.4, -0.2) is 32.7 Å². The van der Waals surface area contributed by atoms with Gasteiger partial charge in [-0.15, -0.1) is 0 Å². The number of hydrogen-bond acceptors (Lipinski definition) is 3. The second-order valence-electron chi connectivity index (χ2n) is 2.01. The predicted octanol–water partition coefficient (Wildman–Crippen LogP) is 1.24. The molecule has 0 aliphatic carbocycles. The molecule has 0 rings (SSSR count). The van der Waals surface area contributed by atoms with Gasteiger partial charge in [0, 0.05) is 13.2 Å². The molecule has 67 valence electrons. The molecule has 0 saturated carbocycles. The van der Waals surface area contributed by atoms with Gasteiger partial charge in [-0.25, -0.2) is 0 Å². The highest BCUT2D eigenvalue weighted by atomic mass is 16.7. The predicted molar refractivity (Wildman–Crippen MR) is 43.2 cm³/mol. The summed E-state index contributed by atoms with van der Waals surface area (Å²) in [5.41, 5.74) is 0. The highest BCUT2D eigenvalue weighted by Crippen LogP contribution is 1.92. The minimum Gasteiger partial charge on any atom is -0.379 e. The molecule has 0 N–H and O–H groups in total. The molecule has 0 aliphatic heterocycles. The first-order valence-corrected chi connectivity index (χ1v) is 3.91. The molecule has 11 heavy (non-hydrogen) atoms. The molecule has 0 amide bonds. The summed E-state index contributed by atoms with van der Waals surface area (Å²) in [5.74, 6) is 0. The Morgan fingerprint density at radius 2 is 2.00 bits per heavy atom. The fourth-order valence-corrected chi connectivity index (χ4v) is 0.658. The zero-order valence-corrected chi connectivity index (χ0v) is 7.34. The number of hydrogen-bond donors (Lipinski definition) is 0. The van der Waals surface area contributed by atoms with E-state index < -0.39 is 0 Å². The second kappa shape index (κ2) is 7.98. The topological polar surface area (TPSA) is 27.7 Å². The van der Waals surface area contributed by atoms with E-state index in [9.17, 15) is 0 Å². The molecule has 0 fully saturated rings. The number of rotatable bonds is 7. The Kier molecular flexibility index (Phi) is 7.89. The second-order valence-corrected chi connectivity index (χ2v) is 2.01. The van der Waals surface area contributed by atoms with Crippen LogP contribution in [0.5, 0.6) is 0 Å². The third-order valence-electron chi connectivity index (χ3n) is 1.13. The summed E-state index contributed by atoms with van der Waals surface area (Å²) in [5, 5.41) is 0. The van der Waals surface area contributed by atoms with Crippen LogP contribution >= 0.6 is 0 Å². The molecule has 1 atom stereocenters. The minimum absolute atomic E-state index is 0.131. The summed E-state index contributed by atoms with van der Waals surface area (Å²) < 4.78 is 15.3. The zero-order chi connectivity index (χ0) is 8.53. The molecule has 1 unspecified atom stereocenters. The van der Waals surface area contributed by atoms with Crippen molar-refractivity contribution in [2.75, 3.05) is 26.4 Å². The SMILES string of the molecule is [CH2]COCCOC(C)OCC. The van der Waals surface area contributed by atoms with E-state index in [4.69, 9.17) is 14.2 Å². The third kappa shape index (κ3) is 7.78. The standard InChI is InChI=1S/C8H17O3/c1-4-9-6-7-11-8(3)10-5-2/h8H,1,4-7H2,2-3H3. The van der Waals surface area contributed by atoms with Crippen LogP contribution in [0.15, 0.2) is 0 Å². The lowest BCUT2D eigenvalue weighted by molar-refractivity contribution is -0.135. The van der Waals surface area contributed by atoms with Gasteiger partial charge in [-0.2, -0.15) is 0 Å². The molecule has 0 aliphatic rings. The molecule has 0 aromatic rings. The van der Waals surface area contributed by atoms with Gasteiger partial charge < -0.3 is 14.2 Å². The highest BCUT2D eigenvalue weighted by Gasteiger charge is 1.98. The normalized spacial score (nSPS) is 13.4. The molecule has 0 aromatic heterocycles. The van der Waals surface area contributed by atoms with E-state index in [1.807, 2.05) is 13.8 Å². The van der Waals surface area contributed by atoms with Crippen molar-refractivity contribution in [2.24, 2.45) is 0 Å². The molecule has 0 saturated heterocycles. The summed E-state index contributed by atoms with van der Waals surface area (Å²) in [4.78, 5) is 0. The van der Waals surface area contributed by atoms with Crippen LogP contribution in [0, 0.1) is 6.92 Å². The van der Waals surface area contributed by atoms with Crippen molar-refractivity contribution in [2.45, 2.75) is 20.1 Å². The Bertz CT molecular complexity index is 75.7. The fourth-order valence-electron chi connectivity index (χ4n) is 0.658. The lowest BCUT2D eigenvalue weighted by Crippen LogP contribution is -2.16. The third-order valence-corrected chi connectivity index (χ3v) is 1.13. The van der Waals surface area contributed by atoms with E-state index in [-0.39, 0.29) is 6.29 Å². The van der Waals surface area contributed by atoms with Crippen molar-refractivity contribution < 1.29 is 14.2 Å². The van der Waals surface area contributed by atoms with E-state index in [0.29, 0.717) is 26.4 Å². The molecule has 3 nitrogen and oxygen atoms in total. The van der Waals surface area contributed by atoms with Gasteiger partial charge in [0.25, 0.3) is 0 Å². The smallest absolute Gasteiger partial charge is 0.154 e. The maximum Gasteiger partial charge on any atom is 0.154 e. The van der Waals surface area contributed by atoms with E-state index in [1.165, 1.54) is 0 Å².